The van der Waals surface area contributed by atoms with Crippen LogP contribution in [-0.2, 0) is 20.8 Å². The van der Waals surface area contributed by atoms with Crippen LogP contribution in [-0.4, -0.2) is 70.7 Å². The lowest BCUT2D eigenvalue weighted by Crippen LogP contribution is -2.56. The lowest BCUT2D eigenvalue weighted by Gasteiger charge is -2.46. The van der Waals surface area contributed by atoms with Gasteiger partial charge in [-0.05, 0) is 57.8 Å². The van der Waals surface area contributed by atoms with Gasteiger partial charge < -0.3 is 31.1 Å². The number of ketones is 2. The summed E-state index contributed by atoms with van der Waals surface area (Å²) >= 11 is 0. The van der Waals surface area contributed by atoms with Crippen molar-refractivity contribution in [2.75, 3.05) is 20.6 Å². The van der Waals surface area contributed by atoms with Crippen molar-refractivity contribution in [2.24, 2.45) is 23.5 Å². The normalized spacial score (nSPS) is 25.2. The molecule has 13 heteroatoms. The number of aliphatic hydroxyl groups excluding tert-OH is 2. The van der Waals surface area contributed by atoms with Gasteiger partial charge >= 0.3 is 6.36 Å². The second kappa shape index (κ2) is 11.0. The molecule has 41 heavy (non-hydrogen) atoms. The Bertz CT molecular complexity index is 1350. The molecule has 6 N–H and O–H groups in total. The molecule has 4 rings (SSSR count). The Morgan fingerprint density at radius 1 is 1.22 bits per heavy atom. The van der Waals surface area contributed by atoms with E-state index in [4.69, 9.17) is 5.73 Å². The number of ether oxygens (including phenoxy) is 1. The summed E-state index contributed by atoms with van der Waals surface area (Å²) < 4.78 is 45.5. The molecule has 10 nitrogen and oxygen atoms in total. The number of rotatable bonds is 8. The van der Waals surface area contributed by atoms with Gasteiger partial charge in [-0.25, -0.2) is 0 Å². The molecule has 0 radical (unpaired) electrons. The Kier molecular flexibility index (Phi) is 8.16. The van der Waals surface area contributed by atoms with E-state index >= 15 is 0 Å². The lowest BCUT2D eigenvalue weighted by atomic mass is 9.59. The Labute approximate surface area is 234 Å². The summed E-state index contributed by atoms with van der Waals surface area (Å²) in [6.07, 6.45) is -4.28. The van der Waals surface area contributed by atoms with Gasteiger partial charge in [0.1, 0.15) is 28.6 Å². The molecular weight excluding hydrogens is 547 g/mol. The van der Waals surface area contributed by atoms with Crippen LogP contribution in [0.4, 0.5) is 13.2 Å². The average molecular weight is 582 g/mol. The first-order valence-electron chi connectivity index (χ1n) is 13.4. The molecule has 0 spiro atoms. The Morgan fingerprint density at radius 3 is 2.41 bits per heavy atom. The number of amides is 1. The summed E-state index contributed by atoms with van der Waals surface area (Å²) in [6, 6.07) is -0.497. The highest BCUT2D eigenvalue weighted by Gasteiger charge is 2.56. The van der Waals surface area contributed by atoms with E-state index in [1.807, 2.05) is 6.92 Å². The molecule has 0 aromatic heterocycles. The molecule has 0 aliphatic heterocycles. The molecule has 0 saturated heterocycles. The minimum Gasteiger partial charge on any atom is -0.510 e. The van der Waals surface area contributed by atoms with Gasteiger partial charge in [-0.3, -0.25) is 19.3 Å². The third-order valence-electron chi connectivity index (χ3n) is 8.48. The fourth-order valence-corrected chi connectivity index (χ4v) is 6.68. The molecule has 0 heterocycles. The lowest BCUT2D eigenvalue weighted by molar-refractivity contribution is -0.275. The van der Waals surface area contributed by atoms with Crippen LogP contribution < -0.4 is 15.8 Å². The zero-order valence-electron chi connectivity index (χ0n) is 23.1. The molecule has 4 unspecified atom stereocenters. The molecule has 3 aliphatic rings. The average Bonchev–Trinajstić information content (AvgIpc) is 2.87. The number of Topliss-reactive ketones (excluding diaryl/α,β-unsaturated/α-hetero) is 2. The Morgan fingerprint density at radius 2 is 1.88 bits per heavy atom. The second-order valence-electron chi connectivity index (χ2n) is 10.8. The molecule has 224 valence electrons. The maximum atomic E-state index is 13.9. The predicted molar refractivity (Wildman–Crippen MR) is 141 cm³/mol. The monoisotopic (exact) mass is 581 g/mol. The summed E-state index contributed by atoms with van der Waals surface area (Å²) in [5.74, 6) is -8.64. The largest absolute Gasteiger partial charge is 0.573 e. The van der Waals surface area contributed by atoms with Gasteiger partial charge in [0.25, 0.3) is 5.91 Å². The first-order valence-corrected chi connectivity index (χ1v) is 13.4. The molecule has 1 amide bonds. The summed E-state index contributed by atoms with van der Waals surface area (Å²) in [5.41, 5.74) is 4.01. The number of aliphatic hydroxyl groups is 2. The molecular formula is C28H34F3N3O7. The highest BCUT2D eigenvalue weighted by molar-refractivity contribution is 6.28. The maximum absolute atomic E-state index is 13.9. The van der Waals surface area contributed by atoms with Crippen LogP contribution in [0.15, 0.2) is 23.0 Å². The quantitative estimate of drug-likeness (QED) is 0.229. The fraction of sp³-hybridized carbons (Fsp3) is 0.536. The van der Waals surface area contributed by atoms with E-state index in [9.17, 15) is 42.9 Å². The number of aromatic hydroxyl groups is 1. The predicted octanol–water partition coefficient (Wildman–Crippen LogP) is 3.20. The minimum atomic E-state index is -5.09. The van der Waals surface area contributed by atoms with Crippen molar-refractivity contribution in [3.05, 3.63) is 39.7 Å². The summed E-state index contributed by atoms with van der Waals surface area (Å²) in [4.78, 5) is 41.0. The van der Waals surface area contributed by atoms with Crippen molar-refractivity contribution in [1.82, 2.24) is 10.2 Å². The summed E-state index contributed by atoms with van der Waals surface area (Å²) in [6.45, 7) is 3.97. The van der Waals surface area contributed by atoms with E-state index in [0.29, 0.717) is 19.4 Å². The highest BCUT2D eigenvalue weighted by Crippen LogP contribution is 2.53. The van der Waals surface area contributed by atoms with Crippen molar-refractivity contribution < 1.29 is 47.6 Å². The number of carbonyl (C=O) groups excluding carboxylic acids is 3. The van der Waals surface area contributed by atoms with Crippen molar-refractivity contribution in [3.63, 3.8) is 0 Å². The van der Waals surface area contributed by atoms with Crippen molar-refractivity contribution in [2.45, 2.75) is 58.0 Å². The first kappa shape index (κ1) is 30.4. The zero-order chi connectivity index (χ0) is 30.5. The molecule has 1 saturated carbocycles. The smallest absolute Gasteiger partial charge is 0.510 e. The molecule has 1 aromatic rings. The molecule has 5 atom stereocenters. The van der Waals surface area contributed by atoms with Crippen LogP contribution in [0.5, 0.6) is 11.5 Å². The number of hydrogen-bond acceptors (Lipinski definition) is 9. The molecule has 3 aliphatic carbocycles. The number of phenols is 1. The van der Waals surface area contributed by atoms with E-state index in [-0.39, 0.29) is 35.1 Å². The number of likely N-dealkylation sites (N-methyl/N-ethyl adjacent to an activating group) is 1. The van der Waals surface area contributed by atoms with E-state index in [0.717, 1.165) is 6.07 Å². The minimum absolute atomic E-state index is 0.00690. The SMILES string of the molecule is CCCC(NC)c1cc(O)c2c(c1OC(F)(F)F)CC1CC3C(C(=O)C(C(N)=O)=C(O)[C@H]3N(C)CC)C(=O)C1=C2O. The van der Waals surface area contributed by atoms with Gasteiger partial charge in [0.2, 0.25) is 0 Å². The van der Waals surface area contributed by atoms with Crippen molar-refractivity contribution in [1.29, 1.82) is 0 Å². The first-order chi connectivity index (χ1) is 19.2. The van der Waals surface area contributed by atoms with Crippen LogP contribution in [0.1, 0.15) is 55.8 Å². The van der Waals surface area contributed by atoms with Gasteiger partial charge in [0.05, 0.1) is 17.5 Å². The number of nitrogens with two attached hydrogens (primary N) is 1. The van der Waals surface area contributed by atoms with Crippen molar-refractivity contribution in [3.8, 4) is 11.5 Å². The van der Waals surface area contributed by atoms with E-state index in [2.05, 4.69) is 10.1 Å². The van der Waals surface area contributed by atoms with Gasteiger partial charge in [-0.2, -0.15) is 0 Å². The molecule has 1 fully saturated rings. The standard InChI is InChI=1S/C28H34F3N3O7/c1-5-7-15(33-3)12-10-16(35)18-14(26(12)41-28(29,30)31)9-11-8-13-19(23(37)17(11)22(18)36)24(38)20(27(32)40)25(39)21(13)34(4)6-2/h10-11,13,15,19,21,33,35-36,39H,5-9H2,1-4H3,(H2,32,40)/t11?,13?,15?,19?,21-/m0/s1. The van der Waals surface area contributed by atoms with Crippen LogP contribution in [0.25, 0.3) is 5.76 Å². The van der Waals surface area contributed by atoms with Gasteiger partial charge in [-0.1, -0.05) is 20.3 Å². The van der Waals surface area contributed by atoms with Crippen LogP contribution in [0, 0.1) is 17.8 Å². The zero-order valence-corrected chi connectivity index (χ0v) is 23.1. The van der Waals surface area contributed by atoms with E-state index in [1.165, 1.54) is 0 Å². The number of primary amides is 1. The number of benzene rings is 1. The number of halogens is 3. The number of nitrogens with zero attached hydrogens (tertiary/aromatic N) is 1. The number of alkyl halides is 3. The van der Waals surface area contributed by atoms with E-state index in [1.54, 1.807) is 25.9 Å². The second-order valence-corrected chi connectivity index (χ2v) is 10.8. The van der Waals surface area contributed by atoms with E-state index < -0.39 is 82.3 Å². The number of nitrogens with one attached hydrogen (secondary N) is 1. The third-order valence-corrected chi connectivity index (χ3v) is 8.48. The van der Waals surface area contributed by atoms with Crippen LogP contribution in [0.2, 0.25) is 0 Å². The molecule has 1 aromatic carbocycles. The summed E-state index contributed by atoms with van der Waals surface area (Å²) in [5, 5.41) is 36.2. The summed E-state index contributed by atoms with van der Waals surface area (Å²) in [7, 11) is 3.19. The molecule has 0 bridgehead atoms. The fourth-order valence-electron chi connectivity index (χ4n) is 6.68. The van der Waals surface area contributed by atoms with Gasteiger partial charge in [0.15, 0.2) is 11.6 Å². The number of carbonyl (C=O) groups is 3. The number of phenolic OH excluding ortho intramolecular Hbond substituents is 1. The number of fused-ring (bicyclic) bond motifs is 3. The third kappa shape index (κ3) is 5.05. The number of hydrogen-bond donors (Lipinski definition) is 5. The maximum Gasteiger partial charge on any atom is 0.573 e. The van der Waals surface area contributed by atoms with Gasteiger partial charge in [-0.15, -0.1) is 13.2 Å². The highest BCUT2D eigenvalue weighted by atomic mass is 19.4. The Balaban J connectivity index is 1.94. The van der Waals surface area contributed by atoms with Crippen LogP contribution >= 0.6 is 0 Å². The Hall–Kier alpha value is -3.58. The van der Waals surface area contributed by atoms with Crippen molar-refractivity contribution >= 4 is 23.2 Å². The van der Waals surface area contributed by atoms with Gasteiger partial charge in [0, 0.05) is 22.7 Å². The number of allylic oxidation sites excluding steroid dienone is 1. The topological polar surface area (TPSA) is 162 Å². The van der Waals surface area contributed by atoms with Crippen LogP contribution in [0.3, 0.4) is 0 Å².